The van der Waals surface area contributed by atoms with Gasteiger partial charge in [-0.2, -0.15) is 24.3 Å². The number of hydrogen-bond acceptors (Lipinski definition) is 2. The molecule has 0 aliphatic carbocycles. The van der Waals surface area contributed by atoms with E-state index < -0.39 is 0 Å². The molecule has 0 N–H and O–H groups in total. The van der Waals surface area contributed by atoms with Gasteiger partial charge < -0.3 is 19.3 Å². The number of pyridine rings is 1. The van der Waals surface area contributed by atoms with Gasteiger partial charge in [-0.1, -0.05) is 17.8 Å². The molecule has 0 fully saturated rings. The quantitative estimate of drug-likeness (QED) is 0.102. The van der Waals surface area contributed by atoms with Crippen molar-refractivity contribution in [3.8, 4) is 34.1 Å². The van der Waals surface area contributed by atoms with Crippen molar-refractivity contribution < 1.29 is 46.8 Å². The summed E-state index contributed by atoms with van der Waals surface area (Å²) in [5.41, 5.74) is 8.60. The fraction of sp³-hybridized carbons (Fsp3) is 0.0952. The summed E-state index contributed by atoms with van der Waals surface area (Å²) in [5, 5.41) is 7.58. The number of nitrogens with zero attached hydrogens (tertiary/aromatic N) is 7. The normalized spacial score (nSPS) is 10.4. The number of aromatic nitrogens is 7. The second-order valence-electron chi connectivity index (χ2n) is 11.8. The van der Waals surface area contributed by atoms with E-state index in [2.05, 4.69) is 40.0 Å². The molecule has 8 rings (SSSR count). The van der Waals surface area contributed by atoms with Crippen molar-refractivity contribution in [2.45, 2.75) is 27.7 Å². The van der Waals surface area contributed by atoms with Gasteiger partial charge in [0.15, 0.2) is 0 Å². The summed E-state index contributed by atoms with van der Waals surface area (Å²) in [6.07, 6.45) is 9.75. The molecule has 0 unspecified atom stereocenters. The molecule has 0 saturated carbocycles. The second-order valence-corrected chi connectivity index (χ2v) is 11.8. The van der Waals surface area contributed by atoms with E-state index in [-0.39, 0.29) is 43.4 Å². The second kappa shape index (κ2) is 17.7. The van der Waals surface area contributed by atoms with Crippen LogP contribution in [-0.4, -0.2) is 19.2 Å². The summed E-state index contributed by atoms with van der Waals surface area (Å²) < 4.78 is 59.3. The maximum absolute atomic E-state index is 13.0. The number of benzene rings is 4. The van der Waals surface area contributed by atoms with Gasteiger partial charge in [0.1, 0.15) is 11.6 Å². The molecule has 0 atom stereocenters. The summed E-state index contributed by atoms with van der Waals surface area (Å²) in [7, 11) is 0. The molecular weight excluding hydrogens is 871 g/mol. The minimum Gasteiger partial charge on any atom is -0.574 e. The van der Waals surface area contributed by atoms with Crippen LogP contribution in [0, 0.1) is 75.8 Å². The molecule has 0 bridgehead atoms. The molecule has 4 aromatic heterocycles. The molecule has 0 aliphatic rings. The van der Waals surface area contributed by atoms with Gasteiger partial charge in [-0.05, 0) is 99.7 Å². The van der Waals surface area contributed by atoms with Gasteiger partial charge in [0.2, 0.25) is 0 Å². The van der Waals surface area contributed by atoms with E-state index in [4.69, 9.17) is 0 Å². The molecule has 0 amide bonds. The van der Waals surface area contributed by atoms with Crippen molar-refractivity contribution in [2.75, 3.05) is 0 Å². The summed E-state index contributed by atoms with van der Waals surface area (Å²) in [5.74, 6) is -1.21. The Bertz CT molecular complexity index is 2120. The van der Waals surface area contributed by atoms with E-state index in [1.165, 1.54) is 48.5 Å². The van der Waals surface area contributed by atoms with Gasteiger partial charge in [-0.3, -0.25) is 22.9 Å². The largest absolute Gasteiger partial charge is 0.574 e. The first-order chi connectivity index (χ1) is 25.6. The first kappa shape index (κ1) is 39.2. The van der Waals surface area contributed by atoms with Crippen molar-refractivity contribution in [1.29, 1.82) is 0 Å². The molecule has 8 aromatic rings. The molecule has 0 saturated heterocycles. The van der Waals surface area contributed by atoms with Crippen LogP contribution < -0.4 is 14.2 Å². The van der Waals surface area contributed by atoms with Crippen molar-refractivity contribution in [1.82, 2.24) is 24.3 Å². The van der Waals surface area contributed by atoms with Gasteiger partial charge >= 0.3 is 0 Å². The van der Waals surface area contributed by atoms with Gasteiger partial charge in [-0.25, -0.2) is 8.78 Å². The molecule has 1 radical (unpaired) electrons. The predicted molar refractivity (Wildman–Crippen MR) is 190 cm³/mol. The van der Waals surface area contributed by atoms with Crippen molar-refractivity contribution in [3.63, 3.8) is 0 Å². The van der Waals surface area contributed by atoms with Gasteiger partial charge in [0.05, 0.1) is 22.8 Å². The maximum Gasteiger partial charge on any atom is 0.267 e. The van der Waals surface area contributed by atoms with Gasteiger partial charge in [0.25, 0.3) is 12.7 Å². The molecular formula is C42H32F4IrN7-3. The third-order valence-corrected chi connectivity index (χ3v) is 8.35. The zero-order chi connectivity index (χ0) is 37.5. The summed E-state index contributed by atoms with van der Waals surface area (Å²) in [4.78, 5) is 4.12. The topological polar surface area (TPSA) is 57.5 Å². The van der Waals surface area contributed by atoms with Crippen LogP contribution in [-0.2, 0) is 20.1 Å². The standard InChI is InChI=1S/2C17H13F2N2.C8H6N3.Ir/c2*1-12-13(2)21(17-9-5-15(19)6-10-17)11-20(12)16-7-3-14(18)4-8-16;1-2-5-9-7(3-1)8-4-6-10-11-8;/h2*3-9H,1-2H3;1-6H;/q3*-1;. The van der Waals surface area contributed by atoms with Crippen LogP contribution in [0.3, 0.4) is 0 Å². The van der Waals surface area contributed by atoms with Crippen LogP contribution in [0.4, 0.5) is 17.6 Å². The third-order valence-electron chi connectivity index (χ3n) is 8.35. The molecule has 12 heteroatoms. The fourth-order valence-corrected chi connectivity index (χ4v) is 5.26. The van der Waals surface area contributed by atoms with E-state index >= 15 is 0 Å². The Labute approximate surface area is 324 Å². The predicted octanol–water partition coefficient (Wildman–Crippen LogP) is 7.60. The first-order valence-corrected chi connectivity index (χ1v) is 16.4. The minimum absolute atomic E-state index is 0. The average molecular weight is 903 g/mol. The third kappa shape index (κ3) is 9.14. The summed E-state index contributed by atoms with van der Waals surface area (Å²) in [6.45, 7) is 7.80. The van der Waals surface area contributed by atoms with Crippen molar-refractivity contribution in [2.24, 2.45) is 0 Å². The molecule has 4 heterocycles. The van der Waals surface area contributed by atoms with E-state index in [1.54, 1.807) is 57.9 Å². The maximum atomic E-state index is 13.0. The van der Waals surface area contributed by atoms with Crippen LogP contribution in [0.25, 0.3) is 34.1 Å². The Morgan fingerprint density at radius 1 is 0.556 bits per heavy atom. The average Bonchev–Trinajstić information content (AvgIpc) is 3.90. The van der Waals surface area contributed by atoms with Crippen LogP contribution >= 0.6 is 0 Å². The van der Waals surface area contributed by atoms with Crippen LogP contribution in [0.2, 0.25) is 0 Å². The van der Waals surface area contributed by atoms with Crippen LogP contribution in [0.1, 0.15) is 22.8 Å². The van der Waals surface area contributed by atoms with Crippen molar-refractivity contribution >= 4 is 0 Å². The summed E-state index contributed by atoms with van der Waals surface area (Å²) >= 11 is 0. The zero-order valence-electron chi connectivity index (χ0n) is 29.5. The molecule has 4 aromatic carbocycles. The number of hydrogen-bond donors (Lipinski definition) is 0. The van der Waals surface area contributed by atoms with E-state index in [1.807, 2.05) is 61.1 Å². The molecule has 0 aliphatic heterocycles. The number of halogens is 4. The smallest absolute Gasteiger partial charge is 0.267 e. The minimum atomic E-state index is -0.327. The van der Waals surface area contributed by atoms with Crippen LogP contribution in [0.15, 0.2) is 122 Å². The molecule has 54 heavy (non-hydrogen) atoms. The molecule has 275 valence electrons. The van der Waals surface area contributed by atoms with E-state index in [0.717, 1.165) is 45.5 Å². The van der Waals surface area contributed by atoms with E-state index in [0.29, 0.717) is 11.4 Å². The zero-order valence-corrected chi connectivity index (χ0v) is 31.9. The Kier molecular flexibility index (Phi) is 12.9. The van der Waals surface area contributed by atoms with Crippen molar-refractivity contribution in [3.05, 3.63) is 192 Å². The SMILES string of the molecule is Cc1c(C)[n+](-c2ccc(F)cc2)[c-]n1-c1[c-]cc(F)cc1.Cc1c(C)[n+](-c2ccc(F)cc2)[c-]n1-c1[c-]cc(F)cc1.[Ir].c1ccc(-c2ccn[n-]2)nc1. The Balaban J connectivity index is 0.000000162. The Morgan fingerprint density at radius 2 is 1.02 bits per heavy atom. The fourth-order valence-electron chi connectivity index (χ4n) is 5.26. The Hall–Kier alpha value is -5.97. The van der Waals surface area contributed by atoms with Crippen LogP contribution in [0.5, 0.6) is 0 Å². The molecule has 7 nitrogen and oxygen atoms in total. The number of imidazole rings is 2. The molecule has 0 spiro atoms. The van der Waals surface area contributed by atoms with Gasteiger partial charge in [0, 0.05) is 61.2 Å². The van der Waals surface area contributed by atoms with E-state index in [9.17, 15) is 17.6 Å². The Morgan fingerprint density at radius 3 is 1.39 bits per heavy atom. The number of rotatable bonds is 5. The van der Waals surface area contributed by atoms with Gasteiger partial charge in [-0.15, -0.1) is 24.3 Å². The summed E-state index contributed by atoms with van der Waals surface area (Å²) in [6, 6.07) is 34.4. The monoisotopic (exact) mass is 903 g/mol. The first-order valence-electron chi connectivity index (χ1n) is 16.4.